The van der Waals surface area contributed by atoms with Gasteiger partial charge in [-0.05, 0) is 36.2 Å². The summed E-state index contributed by atoms with van der Waals surface area (Å²) in [5, 5.41) is 12.0. The number of pyridine rings is 1. The fraction of sp³-hybridized carbons (Fsp3) is 0.300. The lowest BCUT2D eigenvalue weighted by Gasteiger charge is -2.18. The first-order valence-corrected chi connectivity index (χ1v) is 10.3. The van der Waals surface area contributed by atoms with Crippen LogP contribution in [0.2, 0.25) is 0 Å². The molecular formula is C20H21N5O3S. The average Bonchev–Trinajstić information content (AvgIpc) is 3.13. The molecule has 9 heteroatoms. The number of hydrogen-bond acceptors (Lipinski definition) is 7. The molecule has 0 atom stereocenters. The second-order valence-corrected chi connectivity index (χ2v) is 7.42. The maximum atomic E-state index is 12.2. The predicted octanol–water partition coefficient (Wildman–Crippen LogP) is 2.10. The Bertz CT molecular complexity index is 993. The topological polar surface area (TPSA) is 91.2 Å². The molecule has 1 N–H and O–H groups in total. The number of nitrogens with one attached hydrogen (secondary N) is 1. The predicted molar refractivity (Wildman–Crippen MR) is 109 cm³/mol. The van der Waals surface area contributed by atoms with Crippen LogP contribution in [0.4, 0.5) is 0 Å². The lowest BCUT2D eigenvalue weighted by atomic mass is 10.1. The fourth-order valence-corrected chi connectivity index (χ4v) is 3.70. The number of hydrogen-bond donors (Lipinski definition) is 1. The van der Waals surface area contributed by atoms with E-state index in [9.17, 15) is 4.79 Å². The molecule has 1 amide bonds. The van der Waals surface area contributed by atoms with Crippen LogP contribution in [-0.4, -0.2) is 51.2 Å². The van der Waals surface area contributed by atoms with Crippen molar-refractivity contribution in [1.29, 1.82) is 0 Å². The number of benzene rings is 1. The summed E-state index contributed by atoms with van der Waals surface area (Å²) in [7, 11) is 1.88. The molecule has 3 heterocycles. The van der Waals surface area contributed by atoms with Crippen LogP contribution in [-0.2, 0) is 18.3 Å². The molecule has 2 aromatic heterocycles. The van der Waals surface area contributed by atoms with E-state index < -0.39 is 0 Å². The van der Waals surface area contributed by atoms with Gasteiger partial charge in [-0.2, -0.15) is 0 Å². The van der Waals surface area contributed by atoms with E-state index in [-0.39, 0.29) is 11.7 Å². The number of carbonyl (C=O) groups excluding carboxylic acids is 1. The quantitative estimate of drug-likeness (QED) is 0.595. The van der Waals surface area contributed by atoms with E-state index in [2.05, 4.69) is 20.5 Å². The Morgan fingerprint density at radius 1 is 1.21 bits per heavy atom. The molecule has 0 fully saturated rings. The number of thioether (sulfide) groups is 1. The number of amides is 1. The highest BCUT2D eigenvalue weighted by molar-refractivity contribution is 7.99. The zero-order valence-electron chi connectivity index (χ0n) is 16.0. The van der Waals surface area contributed by atoms with Crippen molar-refractivity contribution in [2.75, 3.05) is 25.5 Å². The average molecular weight is 411 g/mol. The molecule has 1 aliphatic heterocycles. The minimum absolute atomic E-state index is 0.0431. The van der Waals surface area contributed by atoms with Gasteiger partial charge >= 0.3 is 0 Å². The van der Waals surface area contributed by atoms with Crippen molar-refractivity contribution in [3.63, 3.8) is 0 Å². The van der Waals surface area contributed by atoms with Crippen molar-refractivity contribution in [2.24, 2.45) is 7.05 Å². The molecule has 0 saturated carbocycles. The minimum atomic E-state index is -0.0431. The van der Waals surface area contributed by atoms with E-state index >= 15 is 0 Å². The molecule has 3 aromatic rings. The molecule has 4 rings (SSSR count). The lowest BCUT2D eigenvalue weighted by Crippen LogP contribution is -2.27. The maximum Gasteiger partial charge on any atom is 0.230 e. The van der Waals surface area contributed by atoms with Gasteiger partial charge in [0.2, 0.25) is 5.91 Å². The molecule has 0 radical (unpaired) electrons. The molecular weight excluding hydrogens is 390 g/mol. The summed E-state index contributed by atoms with van der Waals surface area (Å²) in [6, 6.07) is 9.65. The molecule has 0 unspecified atom stereocenters. The van der Waals surface area contributed by atoms with Crippen LogP contribution in [0.3, 0.4) is 0 Å². The van der Waals surface area contributed by atoms with Gasteiger partial charge in [-0.15, -0.1) is 10.2 Å². The highest BCUT2D eigenvalue weighted by atomic mass is 32.2. The standard InChI is InChI=1S/C20H21N5O3S/c1-25-19(15-3-2-7-21-12-15)23-24-20(25)29-13-18(26)22-8-6-14-4-5-16-17(11-14)28-10-9-27-16/h2-5,7,11-12H,6,8-10,13H2,1H3,(H,22,26). The van der Waals surface area contributed by atoms with Crippen LogP contribution in [0.15, 0.2) is 47.9 Å². The van der Waals surface area contributed by atoms with Gasteiger partial charge in [-0.1, -0.05) is 17.8 Å². The van der Waals surface area contributed by atoms with Crippen molar-refractivity contribution in [1.82, 2.24) is 25.1 Å². The van der Waals surface area contributed by atoms with Gasteiger partial charge in [0.1, 0.15) is 13.2 Å². The maximum absolute atomic E-state index is 12.2. The van der Waals surface area contributed by atoms with Crippen LogP contribution in [0, 0.1) is 0 Å². The van der Waals surface area contributed by atoms with Crippen LogP contribution < -0.4 is 14.8 Å². The van der Waals surface area contributed by atoms with E-state index in [0.29, 0.717) is 24.9 Å². The molecule has 29 heavy (non-hydrogen) atoms. The smallest absolute Gasteiger partial charge is 0.230 e. The lowest BCUT2D eigenvalue weighted by molar-refractivity contribution is -0.118. The summed E-state index contributed by atoms with van der Waals surface area (Å²) in [6.45, 7) is 1.70. The summed E-state index contributed by atoms with van der Waals surface area (Å²) in [5.74, 6) is 2.50. The van der Waals surface area contributed by atoms with Gasteiger partial charge in [0.25, 0.3) is 0 Å². The third kappa shape index (κ3) is 4.68. The number of rotatable bonds is 7. The molecule has 0 saturated heterocycles. The number of carbonyl (C=O) groups is 1. The van der Waals surface area contributed by atoms with E-state index in [1.165, 1.54) is 11.8 Å². The molecule has 1 aliphatic rings. The third-order valence-corrected chi connectivity index (χ3v) is 5.45. The minimum Gasteiger partial charge on any atom is -0.486 e. The fourth-order valence-electron chi connectivity index (χ4n) is 2.96. The first-order chi connectivity index (χ1) is 14.2. The zero-order chi connectivity index (χ0) is 20.1. The van der Waals surface area contributed by atoms with Gasteiger partial charge in [-0.3, -0.25) is 9.78 Å². The van der Waals surface area contributed by atoms with Crippen LogP contribution >= 0.6 is 11.8 Å². The molecule has 150 valence electrons. The van der Waals surface area contributed by atoms with Crippen molar-refractivity contribution >= 4 is 17.7 Å². The first kappa shape index (κ1) is 19.3. The molecule has 0 aliphatic carbocycles. The van der Waals surface area contributed by atoms with Crippen LogP contribution in [0.1, 0.15) is 5.56 Å². The second-order valence-electron chi connectivity index (χ2n) is 6.47. The largest absolute Gasteiger partial charge is 0.486 e. The Labute approximate surface area is 172 Å². The highest BCUT2D eigenvalue weighted by Gasteiger charge is 2.14. The van der Waals surface area contributed by atoms with Crippen LogP contribution in [0.5, 0.6) is 11.5 Å². The number of nitrogens with zero attached hydrogens (tertiary/aromatic N) is 4. The third-order valence-electron chi connectivity index (χ3n) is 4.43. The van der Waals surface area contributed by atoms with Crippen molar-refractivity contribution in [3.8, 4) is 22.9 Å². The van der Waals surface area contributed by atoms with Gasteiger partial charge in [-0.25, -0.2) is 0 Å². The number of aromatic nitrogens is 4. The summed E-state index contributed by atoms with van der Waals surface area (Å²) in [6.07, 6.45) is 4.18. The highest BCUT2D eigenvalue weighted by Crippen LogP contribution is 2.30. The summed E-state index contributed by atoms with van der Waals surface area (Å²) in [4.78, 5) is 16.3. The summed E-state index contributed by atoms with van der Waals surface area (Å²) >= 11 is 1.36. The Morgan fingerprint density at radius 2 is 2.07 bits per heavy atom. The van der Waals surface area contributed by atoms with Crippen molar-refractivity contribution in [3.05, 3.63) is 48.3 Å². The van der Waals surface area contributed by atoms with E-state index in [1.807, 2.05) is 41.9 Å². The molecule has 8 nitrogen and oxygen atoms in total. The first-order valence-electron chi connectivity index (χ1n) is 9.28. The Hall–Kier alpha value is -3.07. The molecule has 0 spiro atoms. The van der Waals surface area contributed by atoms with Gasteiger partial charge in [0.05, 0.1) is 5.75 Å². The SMILES string of the molecule is Cn1c(SCC(=O)NCCc2ccc3c(c2)OCCO3)nnc1-c1cccnc1. The van der Waals surface area contributed by atoms with E-state index in [1.54, 1.807) is 12.4 Å². The zero-order valence-corrected chi connectivity index (χ0v) is 16.8. The number of fused-ring (bicyclic) bond motifs is 1. The van der Waals surface area contributed by atoms with E-state index in [0.717, 1.165) is 34.9 Å². The summed E-state index contributed by atoms with van der Waals surface area (Å²) in [5.41, 5.74) is 1.98. The van der Waals surface area contributed by atoms with Gasteiger partial charge < -0.3 is 19.4 Å². The monoisotopic (exact) mass is 411 g/mol. The van der Waals surface area contributed by atoms with Gasteiger partial charge in [0, 0.05) is 31.5 Å². The molecule has 1 aromatic carbocycles. The normalized spacial score (nSPS) is 12.6. The Kier molecular flexibility index (Phi) is 5.95. The van der Waals surface area contributed by atoms with Gasteiger partial charge in [0.15, 0.2) is 22.5 Å². The second kappa shape index (κ2) is 8.95. The van der Waals surface area contributed by atoms with Crippen molar-refractivity contribution in [2.45, 2.75) is 11.6 Å². The molecule has 0 bridgehead atoms. The Morgan fingerprint density at radius 3 is 2.90 bits per heavy atom. The Balaban J connectivity index is 1.25. The van der Waals surface area contributed by atoms with Crippen LogP contribution in [0.25, 0.3) is 11.4 Å². The van der Waals surface area contributed by atoms with E-state index in [4.69, 9.17) is 9.47 Å². The number of ether oxygens (including phenoxy) is 2. The summed E-state index contributed by atoms with van der Waals surface area (Å²) < 4.78 is 13.0. The van der Waals surface area contributed by atoms with Crippen molar-refractivity contribution < 1.29 is 14.3 Å².